The molecule has 26 heavy (non-hydrogen) atoms. The molecule has 2 aromatic rings. The largest absolute Gasteiger partial charge is 0.494 e. The van der Waals surface area contributed by atoms with Crippen LogP contribution in [-0.4, -0.2) is 24.6 Å². The Balaban J connectivity index is 1.72. The third-order valence-corrected chi connectivity index (χ3v) is 3.91. The lowest BCUT2D eigenvalue weighted by Gasteiger charge is -2.15. The maximum absolute atomic E-state index is 12.2. The zero-order valence-corrected chi connectivity index (χ0v) is 15.6. The molecule has 0 unspecified atom stereocenters. The first-order valence-electron chi connectivity index (χ1n) is 8.40. The summed E-state index contributed by atoms with van der Waals surface area (Å²) in [5, 5.41) is 3.24. The summed E-state index contributed by atoms with van der Waals surface area (Å²) in [6.07, 6.45) is -0.202. The second-order valence-electron chi connectivity index (χ2n) is 5.85. The molecule has 2 aromatic carbocycles. The summed E-state index contributed by atoms with van der Waals surface area (Å²) in [5.41, 5.74) is 1.47. The quantitative estimate of drug-likeness (QED) is 0.549. The van der Waals surface area contributed by atoms with Gasteiger partial charge in [0.25, 0.3) is 5.91 Å². The normalized spacial score (nSPS) is 11.5. The van der Waals surface area contributed by atoms with E-state index in [1.807, 2.05) is 37.3 Å². The van der Waals surface area contributed by atoms with Crippen molar-refractivity contribution < 1.29 is 19.1 Å². The highest BCUT2D eigenvalue weighted by atomic mass is 35.5. The highest BCUT2D eigenvalue weighted by Crippen LogP contribution is 2.20. The Bertz CT molecular complexity index is 749. The first-order chi connectivity index (χ1) is 12.5. The van der Waals surface area contributed by atoms with Gasteiger partial charge < -0.3 is 14.8 Å². The van der Waals surface area contributed by atoms with Gasteiger partial charge in [-0.1, -0.05) is 35.9 Å². The summed E-state index contributed by atoms with van der Waals surface area (Å²) < 4.78 is 10.7. The van der Waals surface area contributed by atoms with Crippen molar-refractivity contribution in [1.82, 2.24) is 0 Å². The van der Waals surface area contributed by atoms with Crippen molar-refractivity contribution in [2.75, 3.05) is 11.9 Å². The SMILES string of the molecule is Cc1ccc(Cl)cc1NC(=O)[C@@H](C)OC(=O)CCCOc1ccccc1. The van der Waals surface area contributed by atoms with Crippen molar-refractivity contribution in [3.63, 3.8) is 0 Å². The van der Waals surface area contributed by atoms with E-state index in [9.17, 15) is 9.59 Å². The number of anilines is 1. The van der Waals surface area contributed by atoms with Crippen LogP contribution in [0.1, 0.15) is 25.3 Å². The van der Waals surface area contributed by atoms with Crippen LogP contribution in [0.2, 0.25) is 5.02 Å². The number of carbonyl (C=O) groups excluding carboxylic acids is 2. The van der Waals surface area contributed by atoms with Crippen molar-refractivity contribution in [3.05, 3.63) is 59.1 Å². The van der Waals surface area contributed by atoms with Crippen molar-refractivity contribution >= 4 is 29.2 Å². The molecule has 0 heterocycles. The molecule has 0 spiro atoms. The molecule has 2 rings (SSSR count). The predicted molar refractivity (Wildman–Crippen MR) is 102 cm³/mol. The lowest BCUT2D eigenvalue weighted by Crippen LogP contribution is -2.30. The summed E-state index contributed by atoms with van der Waals surface area (Å²) in [7, 11) is 0. The molecule has 1 N–H and O–H groups in total. The van der Waals surface area contributed by atoms with E-state index < -0.39 is 18.0 Å². The molecule has 0 aliphatic carbocycles. The van der Waals surface area contributed by atoms with Crippen LogP contribution in [0.15, 0.2) is 48.5 Å². The number of hydrogen-bond acceptors (Lipinski definition) is 4. The van der Waals surface area contributed by atoms with Crippen LogP contribution in [0.5, 0.6) is 5.75 Å². The Hall–Kier alpha value is -2.53. The molecular formula is C20H22ClNO4. The molecule has 0 aliphatic rings. The predicted octanol–water partition coefficient (Wildman–Crippen LogP) is 4.38. The third kappa shape index (κ3) is 6.41. The van der Waals surface area contributed by atoms with E-state index in [1.54, 1.807) is 18.2 Å². The van der Waals surface area contributed by atoms with Gasteiger partial charge in [0.1, 0.15) is 5.75 Å². The fourth-order valence-electron chi connectivity index (χ4n) is 2.20. The molecule has 0 aliphatic heterocycles. The van der Waals surface area contributed by atoms with E-state index >= 15 is 0 Å². The van der Waals surface area contributed by atoms with Gasteiger partial charge in [0.15, 0.2) is 6.10 Å². The summed E-state index contributed by atoms with van der Waals surface area (Å²) in [4.78, 5) is 24.0. The molecule has 0 radical (unpaired) electrons. The standard InChI is InChI=1S/C20H22ClNO4/c1-14-10-11-16(21)13-18(14)22-20(24)15(2)26-19(23)9-6-12-25-17-7-4-3-5-8-17/h3-5,7-8,10-11,13,15H,6,9,12H2,1-2H3,(H,22,24)/t15-/m1/s1. The van der Waals surface area contributed by atoms with Gasteiger partial charge in [-0.05, 0) is 50.1 Å². The number of benzene rings is 2. The molecule has 0 aromatic heterocycles. The van der Waals surface area contributed by atoms with Crippen LogP contribution < -0.4 is 10.1 Å². The number of rotatable bonds is 8. The molecule has 0 saturated heterocycles. The summed E-state index contributed by atoms with van der Waals surface area (Å²) in [6.45, 7) is 3.80. The average Bonchev–Trinajstić information content (AvgIpc) is 2.62. The van der Waals surface area contributed by atoms with Crippen LogP contribution in [0.3, 0.4) is 0 Å². The van der Waals surface area contributed by atoms with Crippen molar-refractivity contribution in [2.24, 2.45) is 0 Å². The van der Waals surface area contributed by atoms with Crippen LogP contribution in [-0.2, 0) is 14.3 Å². The molecule has 5 nitrogen and oxygen atoms in total. The van der Waals surface area contributed by atoms with Crippen molar-refractivity contribution in [3.8, 4) is 5.75 Å². The minimum Gasteiger partial charge on any atom is -0.494 e. The van der Waals surface area contributed by atoms with E-state index in [0.717, 1.165) is 11.3 Å². The Labute approximate surface area is 158 Å². The van der Waals surface area contributed by atoms with E-state index in [1.165, 1.54) is 6.92 Å². The van der Waals surface area contributed by atoms with Crippen molar-refractivity contribution in [1.29, 1.82) is 0 Å². The van der Waals surface area contributed by atoms with E-state index in [4.69, 9.17) is 21.1 Å². The maximum atomic E-state index is 12.2. The molecule has 1 amide bonds. The molecule has 138 valence electrons. The van der Waals surface area contributed by atoms with E-state index in [-0.39, 0.29) is 6.42 Å². The van der Waals surface area contributed by atoms with E-state index in [0.29, 0.717) is 23.7 Å². The lowest BCUT2D eigenvalue weighted by atomic mass is 10.2. The van der Waals surface area contributed by atoms with Crippen LogP contribution in [0.4, 0.5) is 5.69 Å². The number of amides is 1. The van der Waals surface area contributed by atoms with Gasteiger partial charge in [0.2, 0.25) is 0 Å². The molecular weight excluding hydrogens is 354 g/mol. The molecule has 0 fully saturated rings. The summed E-state index contributed by atoms with van der Waals surface area (Å²) >= 11 is 5.93. The number of para-hydroxylation sites is 1. The van der Waals surface area contributed by atoms with Gasteiger partial charge in [-0.2, -0.15) is 0 Å². The van der Waals surface area contributed by atoms with Gasteiger partial charge >= 0.3 is 5.97 Å². The maximum Gasteiger partial charge on any atom is 0.306 e. The number of esters is 1. The first kappa shape index (κ1) is 19.8. The number of carbonyl (C=O) groups is 2. The Morgan fingerprint density at radius 1 is 1.15 bits per heavy atom. The summed E-state index contributed by atoms with van der Waals surface area (Å²) in [6, 6.07) is 14.6. The summed E-state index contributed by atoms with van der Waals surface area (Å²) in [5.74, 6) is -0.0816. The van der Waals surface area contributed by atoms with Gasteiger partial charge in [0, 0.05) is 17.1 Å². The van der Waals surface area contributed by atoms with Crippen LogP contribution >= 0.6 is 11.6 Å². The third-order valence-electron chi connectivity index (χ3n) is 3.67. The van der Waals surface area contributed by atoms with Gasteiger partial charge in [-0.15, -0.1) is 0 Å². The topological polar surface area (TPSA) is 64.6 Å². The fraction of sp³-hybridized carbons (Fsp3) is 0.300. The first-order valence-corrected chi connectivity index (χ1v) is 8.78. The Morgan fingerprint density at radius 2 is 1.88 bits per heavy atom. The number of halogens is 1. The molecule has 6 heteroatoms. The molecule has 0 bridgehead atoms. The highest BCUT2D eigenvalue weighted by Gasteiger charge is 2.18. The van der Waals surface area contributed by atoms with Gasteiger partial charge in [0.05, 0.1) is 6.61 Å². The number of hydrogen-bond donors (Lipinski definition) is 1. The molecule has 0 saturated carbocycles. The smallest absolute Gasteiger partial charge is 0.306 e. The monoisotopic (exact) mass is 375 g/mol. The minimum absolute atomic E-state index is 0.181. The Morgan fingerprint density at radius 3 is 2.62 bits per heavy atom. The number of ether oxygens (including phenoxy) is 2. The molecule has 1 atom stereocenters. The van der Waals surface area contributed by atoms with Crippen LogP contribution in [0, 0.1) is 6.92 Å². The van der Waals surface area contributed by atoms with Gasteiger partial charge in [-0.3, -0.25) is 9.59 Å². The zero-order chi connectivity index (χ0) is 18.9. The van der Waals surface area contributed by atoms with Gasteiger partial charge in [-0.25, -0.2) is 0 Å². The van der Waals surface area contributed by atoms with Crippen molar-refractivity contribution in [2.45, 2.75) is 32.8 Å². The minimum atomic E-state index is -0.893. The average molecular weight is 376 g/mol. The number of nitrogens with one attached hydrogen (secondary N) is 1. The lowest BCUT2D eigenvalue weighted by molar-refractivity contribution is -0.153. The second-order valence-corrected chi connectivity index (χ2v) is 6.28. The fourth-order valence-corrected chi connectivity index (χ4v) is 2.37. The van der Waals surface area contributed by atoms with E-state index in [2.05, 4.69) is 5.32 Å². The number of aryl methyl sites for hydroxylation is 1. The zero-order valence-electron chi connectivity index (χ0n) is 14.8. The van der Waals surface area contributed by atoms with Crippen LogP contribution in [0.25, 0.3) is 0 Å². The highest BCUT2D eigenvalue weighted by molar-refractivity contribution is 6.31. The Kier molecular flexibility index (Phi) is 7.48. The second kappa shape index (κ2) is 9.82.